The van der Waals surface area contributed by atoms with Crippen molar-refractivity contribution in [2.45, 2.75) is 39.0 Å². The zero-order valence-electron chi connectivity index (χ0n) is 6.22. The first-order valence-corrected chi connectivity index (χ1v) is 3.31. The van der Waals surface area contributed by atoms with Crippen LogP contribution in [0.4, 0.5) is 0 Å². The van der Waals surface area contributed by atoms with E-state index in [9.17, 15) is 0 Å². The summed E-state index contributed by atoms with van der Waals surface area (Å²) < 4.78 is 0. The molecule has 0 saturated heterocycles. The summed E-state index contributed by atoms with van der Waals surface area (Å²) in [5.74, 6) is 2.38. The van der Waals surface area contributed by atoms with Gasteiger partial charge in [0, 0.05) is 6.42 Å². The van der Waals surface area contributed by atoms with Gasteiger partial charge in [-0.25, -0.2) is 0 Å². The minimum absolute atomic E-state index is 0. The van der Waals surface area contributed by atoms with Crippen LogP contribution in [-0.2, 0) is 17.1 Å². The van der Waals surface area contributed by atoms with E-state index in [1.54, 1.807) is 0 Å². The zero-order chi connectivity index (χ0) is 6.24. The first kappa shape index (κ1) is 17.1. The van der Waals surface area contributed by atoms with Crippen LogP contribution in [0.3, 0.4) is 0 Å². The van der Waals surface area contributed by atoms with Gasteiger partial charge in [-0.2, -0.15) is 0 Å². The summed E-state index contributed by atoms with van der Waals surface area (Å²) in [4.78, 5) is 0. The first-order valence-electron chi connectivity index (χ1n) is 3.31. The van der Waals surface area contributed by atoms with Gasteiger partial charge in [-0.15, -0.1) is 0 Å². The van der Waals surface area contributed by atoms with Crippen molar-refractivity contribution in [3.63, 3.8) is 0 Å². The van der Waals surface area contributed by atoms with Gasteiger partial charge in [-0.3, -0.25) is 0 Å². The summed E-state index contributed by atoms with van der Waals surface area (Å²) in [6, 6.07) is 0. The van der Waals surface area contributed by atoms with Crippen LogP contribution in [0.1, 0.15) is 39.0 Å². The van der Waals surface area contributed by atoms with Crippen LogP contribution < -0.4 is 24.0 Å². The molecule has 0 aliphatic rings. The van der Waals surface area contributed by atoms with Crippen molar-refractivity contribution in [1.29, 1.82) is 0 Å². The molecular formula is C8H13CuI. The van der Waals surface area contributed by atoms with Gasteiger partial charge in [0.15, 0.2) is 0 Å². The molecule has 0 amide bonds. The van der Waals surface area contributed by atoms with Gasteiger partial charge in [0.05, 0.1) is 0 Å². The Hall–Kier alpha value is 0.809. The van der Waals surface area contributed by atoms with Crippen LogP contribution in [-0.4, -0.2) is 0 Å². The predicted octanol–water partition coefficient (Wildman–Crippen LogP) is -0.452. The quantitative estimate of drug-likeness (QED) is 0.285. The van der Waals surface area contributed by atoms with Crippen molar-refractivity contribution >= 4 is 0 Å². The third-order valence-corrected chi connectivity index (χ3v) is 1.16. The topological polar surface area (TPSA) is 0 Å². The molecule has 0 bridgehead atoms. The number of halogens is 1. The minimum atomic E-state index is 0. The normalized spacial score (nSPS) is 6.80. The van der Waals surface area contributed by atoms with Crippen molar-refractivity contribution < 1.29 is 41.0 Å². The van der Waals surface area contributed by atoms with Crippen LogP contribution in [0.15, 0.2) is 0 Å². The van der Waals surface area contributed by atoms with Crippen LogP contribution in [0, 0.1) is 12.3 Å². The summed E-state index contributed by atoms with van der Waals surface area (Å²) in [6.07, 6.45) is 12.4. The van der Waals surface area contributed by atoms with Gasteiger partial charge in [-0.05, 0) is 12.8 Å². The first-order chi connectivity index (χ1) is 3.91. The van der Waals surface area contributed by atoms with Gasteiger partial charge < -0.3 is 24.0 Å². The van der Waals surface area contributed by atoms with E-state index in [1.165, 1.54) is 19.3 Å². The molecule has 2 heteroatoms. The molecule has 0 N–H and O–H groups in total. The number of rotatable bonds is 4. The van der Waals surface area contributed by atoms with E-state index in [1.807, 2.05) is 0 Å². The molecule has 0 heterocycles. The molecule has 0 spiro atoms. The zero-order valence-corrected chi connectivity index (χ0v) is 9.31. The molecule has 0 atom stereocenters. The third-order valence-electron chi connectivity index (χ3n) is 1.16. The van der Waals surface area contributed by atoms with E-state index in [4.69, 9.17) is 6.42 Å². The average Bonchev–Trinajstić information content (AvgIpc) is 1.81. The predicted molar refractivity (Wildman–Crippen MR) is 35.9 cm³/mol. The average molecular weight is 300 g/mol. The molecule has 0 aliphatic carbocycles. The summed E-state index contributed by atoms with van der Waals surface area (Å²) in [5.41, 5.74) is 0. The molecule has 0 rings (SSSR count). The molecule has 63 valence electrons. The second-order valence-electron chi connectivity index (χ2n) is 1.99. The fraction of sp³-hybridized carbons (Fsp3) is 0.750. The minimum Gasteiger partial charge on any atom is -1.00 e. The van der Waals surface area contributed by atoms with E-state index in [-0.39, 0.29) is 41.0 Å². The Kier molecular flexibility index (Phi) is 28.0. The second-order valence-corrected chi connectivity index (χ2v) is 1.99. The van der Waals surface area contributed by atoms with Crippen molar-refractivity contribution in [2.24, 2.45) is 0 Å². The Morgan fingerprint density at radius 3 is 2.20 bits per heavy atom. The van der Waals surface area contributed by atoms with Crippen LogP contribution >= 0.6 is 0 Å². The van der Waals surface area contributed by atoms with Gasteiger partial charge in [-0.1, -0.05) is 32.1 Å². The van der Waals surface area contributed by atoms with E-state index < -0.39 is 0 Å². The van der Waals surface area contributed by atoms with E-state index >= 15 is 0 Å². The largest absolute Gasteiger partial charge is 1.00 e. The van der Waals surface area contributed by atoms with Gasteiger partial charge in [0.25, 0.3) is 0 Å². The van der Waals surface area contributed by atoms with Crippen molar-refractivity contribution in [3.05, 3.63) is 6.42 Å². The fourth-order valence-electron chi connectivity index (χ4n) is 0.640. The van der Waals surface area contributed by atoms with Crippen molar-refractivity contribution in [3.8, 4) is 5.92 Å². The van der Waals surface area contributed by atoms with Gasteiger partial charge in [0.2, 0.25) is 0 Å². The Labute approximate surface area is 92.0 Å². The third kappa shape index (κ3) is 15.9. The monoisotopic (exact) mass is 299 g/mol. The molecule has 0 aromatic carbocycles. The molecule has 0 aliphatic heterocycles. The molecular weight excluding hydrogens is 287 g/mol. The smallest absolute Gasteiger partial charge is 1.00 e. The second kappa shape index (κ2) is 16.4. The molecule has 0 nitrogen and oxygen atoms in total. The van der Waals surface area contributed by atoms with Gasteiger partial charge in [0.1, 0.15) is 0 Å². The number of hydrogen-bond donors (Lipinski definition) is 0. The van der Waals surface area contributed by atoms with Crippen LogP contribution in [0.2, 0.25) is 0 Å². The maximum Gasteiger partial charge on any atom is 1.00 e. The van der Waals surface area contributed by atoms with Crippen molar-refractivity contribution in [1.82, 2.24) is 0 Å². The standard InChI is InChI=1S/C8H13.Cu.HI/c1-3-5-7-8-6-4-2;;/h3,5-8H2,1H3;;1H/q;+1;/p-1. The Morgan fingerprint density at radius 1 is 1.20 bits per heavy atom. The molecule has 0 aromatic rings. The van der Waals surface area contributed by atoms with Crippen molar-refractivity contribution in [2.75, 3.05) is 0 Å². The fourth-order valence-corrected chi connectivity index (χ4v) is 0.640. The number of hydrogen-bond acceptors (Lipinski definition) is 0. The molecule has 10 heavy (non-hydrogen) atoms. The molecule has 0 unspecified atom stereocenters. The molecule has 0 fully saturated rings. The summed E-state index contributed by atoms with van der Waals surface area (Å²) >= 11 is 0. The molecule has 0 saturated carbocycles. The molecule has 0 aromatic heterocycles. The summed E-state index contributed by atoms with van der Waals surface area (Å²) in [7, 11) is 0. The van der Waals surface area contributed by atoms with Crippen LogP contribution in [0.25, 0.3) is 0 Å². The van der Waals surface area contributed by atoms with E-state index in [0.717, 1.165) is 12.8 Å². The van der Waals surface area contributed by atoms with Crippen LogP contribution in [0.5, 0.6) is 0 Å². The number of unbranched alkanes of at least 4 members (excludes halogenated alkanes) is 4. The maximum absolute atomic E-state index is 6.59. The summed E-state index contributed by atoms with van der Waals surface area (Å²) in [6.45, 7) is 2.19. The SMILES string of the molecule is [C]#CCCCCCC.[Cu+].[I-]. The molecule has 1 radical (unpaired) electrons. The van der Waals surface area contributed by atoms with E-state index in [2.05, 4.69) is 12.8 Å². The Bertz CT molecular complexity index is 75.8. The van der Waals surface area contributed by atoms with Gasteiger partial charge >= 0.3 is 17.1 Å². The Morgan fingerprint density at radius 2 is 1.80 bits per heavy atom. The maximum atomic E-state index is 6.59. The summed E-state index contributed by atoms with van der Waals surface area (Å²) in [5, 5.41) is 0. The Balaban J connectivity index is -0.000000245. The van der Waals surface area contributed by atoms with E-state index in [0.29, 0.717) is 0 Å².